The van der Waals surface area contributed by atoms with Gasteiger partial charge in [0.05, 0.1) is 5.69 Å². The first kappa shape index (κ1) is 13.4. The minimum Gasteiger partial charge on any atom is -0.480 e. The van der Waals surface area contributed by atoms with Gasteiger partial charge in [-0.1, -0.05) is 36.4 Å². The van der Waals surface area contributed by atoms with Crippen LogP contribution in [0.25, 0.3) is 10.8 Å². The molecule has 21 heavy (non-hydrogen) atoms. The fourth-order valence-corrected chi connectivity index (χ4v) is 2.79. The summed E-state index contributed by atoms with van der Waals surface area (Å²) in [4.78, 5) is 24.9. The third-order valence-corrected chi connectivity index (χ3v) is 3.83. The monoisotopic (exact) mass is 284 g/mol. The highest BCUT2D eigenvalue weighted by atomic mass is 16.4. The Balaban J connectivity index is 1.85. The number of likely N-dealkylation sites (tertiary alicyclic amines) is 1. The zero-order valence-corrected chi connectivity index (χ0v) is 11.5. The van der Waals surface area contributed by atoms with Gasteiger partial charge in [0.2, 0.25) is 0 Å². The number of amides is 2. The Bertz CT molecular complexity index is 693. The summed E-state index contributed by atoms with van der Waals surface area (Å²) in [6, 6.07) is 12.4. The van der Waals surface area contributed by atoms with Crippen LogP contribution in [0.5, 0.6) is 0 Å². The first-order valence-corrected chi connectivity index (χ1v) is 6.95. The van der Waals surface area contributed by atoms with Crippen LogP contribution in [0.1, 0.15) is 12.8 Å². The number of carbonyl (C=O) groups is 2. The van der Waals surface area contributed by atoms with E-state index in [-0.39, 0.29) is 6.03 Å². The summed E-state index contributed by atoms with van der Waals surface area (Å²) in [5.41, 5.74) is 0.703. The van der Waals surface area contributed by atoms with Crippen LogP contribution in [0.15, 0.2) is 42.5 Å². The summed E-state index contributed by atoms with van der Waals surface area (Å²) in [7, 11) is 0. The summed E-state index contributed by atoms with van der Waals surface area (Å²) < 4.78 is 0. The van der Waals surface area contributed by atoms with E-state index >= 15 is 0 Å². The van der Waals surface area contributed by atoms with Gasteiger partial charge in [0.1, 0.15) is 6.04 Å². The Kier molecular flexibility index (Phi) is 3.48. The van der Waals surface area contributed by atoms with Crippen molar-refractivity contribution in [3.63, 3.8) is 0 Å². The maximum absolute atomic E-state index is 12.3. The number of carboxylic acids is 1. The molecule has 1 aliphatic heterocycles. The van der Waals surface area contributed by atoms with E-state index in [4.69, 9.17) is 5.11 Å². The third-order valence-electron chi connectivity index (χ3n) is 3.83. The van der Waals surface area contributed by atoms with Crippen LogP contribution in [0.2, 0.25) is 0 Å². The number of urea groups is 1. The number of hydrogen-bond acceptors (Lipinski definition) is 2. The van der Waals surface area contributed by atoms with E-state index in [2.05, 4.69) is 5.32 Å². The summed E-state index contributed by atoms with van der Waals surface area (Å²) in [5.74, 6) is -0.944. The van der Waals surface area contributed by atoms with Crippen LogP contribution < -0.4 is 5.32 Å². The molecule has 1 unspecified atom stereocenters. The fraction of sp³-hybridized carbons (Fsp3) is 0.250. The Labute approximate surface area is 122 Å². The lowest BCUT2D eigenvalue weighted by atomic mass is 10.1. The minimum absolute atomic E-state index is 0.351. The van der Waals surface area contributed by atoms with Crippen molar-refractivity contribution in [2.24, 2.45) is 0 Å². The number of fused-ring (bicyclic) bond motifs is 1. The highest BCUT2D eigenvalue weighted by Crippen LogP contribution is 2.25. The lowest BCUT2D eigenvalue weighted by Gasteiger charge is -2.22. The molecule has 108 valence electrons. The molecule has 2 amide bonds. The van der Waals surface area contributed by atoms with Gasteiger partial charge >= 0.3 is 12.0 Å². The summed E-state index contributed by atoms with van der Waals surface area (Å²) in [5, 5.41) is 14.0. The zero-order valence-electron chi connectivity index (χ0n) is 11.5. The molecule has 0 saturated carbocycles. The van der Waals surface area contributed by atoms with E-state index in [0.717, 1.165) is 17.2 Å². The Morgan fingerprint density at radius 3 is 2.71 bits per heavy atom. The van der Waals surface area contributed by atoms with Crippen molar-refractivity contribution >= 4 is 28.5 Å². The van der Waals surface area contributed by atoms with Crippen molar-refractivity contribution in [2.45, 2.75) is 18.9 Å². The molecule has 2 N–H and O–H groups in total. The van der Waals surface area contributed by atoms with Gasteiger partial charge < -0.3 is 15.3 Å². The van der Waals surface area contributed by atoms with Gasteiger partial charge in [-0.2, -0.15) is 0 Å². The molecule has 3 rings (SSSR count). The van der Waals surface area contributed by atoms with Gasteiger partial charge in [0.15, 0.2) is 0 Å². The van der Waals surface area contributed by atoms with Crippen molar-refractivity contribution in [1.29, 1.82) is 0 Å². The fourth-order valence-electron chi connectivity index (χ4n) is 2.79. The van der Waals surface area contributed by atoms with Crippen LogP contribution in [-0.2, 0) is 4.79 Å². The van der Waals surface area contributed by atoms with Gasteiger partial charge in [-0.05, 0) is 24.3 Å². The van der Waals surface area contributed by atoms with E-state index in [0.29, 0.717) is 18.7 Å². The first-order chi connectivity index (χ1) is 10.2. The topological polar surface area (TPSA) is 69.6 Å². The van der Waals surface area contributed by atoms with E-state index in [1.807, 2.05) is 42.5 Å². The number of nitrogens with one attached hydrogen (secondary N) is 1. The number of carboxylic acid groups (broad SMARTS) is 1. The van der Waals surface area contributed by atoms with Crippen LogP contribution in [0.4, 0.5) is 10.5 Å². The van der Waals surface area contributed by atoms with Crippen molar-refractivity contribution in [1.82, 2.24) is 4.90 Å². The molecular weight excluding hydrogens is 268 g/mol. The molecule has 1 heterocycles. The van der Waals surface area contributed by atoms with Crippen molar-refractivity contribution in [2.75, 3.05) is 11.9 Å². The average Bonchev–Trinajstić information content (AvgIpc) is 2.97. The van der Waals surface area contributed by atoms with E-state index < -0.39 is 12.0 Å². The Morgan fingerprint density at radius 1 is 1.14 bits per heavy atom. The molecular formula is C16H16N2O3. The number of hydrogen-bond donors (Lipinski definition) is 2. The second kappa shape index (κ2) is 5.44. The molecule has 1 aliphatic rings. The first-order valence-electron chi connectivity index (χ1n) is 6.95. The molecule has 2 aromatic rings. The Hall–Kier alpha value is -2.56. The lowest BCUT2D eigenvalue weighted by Crippen LogP contribution is -2.42. The van der Waals surface area contributed by atoms with Crippen molar-refractivity contribution in [3.8, 4) is 0 Å². The molecule has 5 heteroatoms. The molecule has 2 aromatic carbocycles. The average molecular weight is 284 g/mol. The summed E-state index contributed by atoms with van der Waals surface area (Å²) in [6.07, 6.45) is 1.23. The molecule has 5 nitrogen and oxygen atoms in total. The van der Waals surface area contributed by atoms with Crippen LogP contribution in [0.3, 0.4) is 0 Å². The molecule has 0 radical (unpaired) electrons. The predicted octanol–water partition coefficient (Wildman–Crippen LogP) is 2.92. The SMILES string of the molecule is O=C(O)C1CCCN1C(=O)Nc1cccc2ccccc12. The van der Waals surface area contributed by atoms with Gasteiger partial charge in [0, 0.05) is 11.9 Å². The van der Waals surface area contributed by atoms with Crippen LogP contribution in [-0.4, -0.2) is 34.6 Å². The summed E-state index contributed by atoms with van der Waals surface area (Å²) in [6.45, 7) is 0.480. The van der Waals surface area contributed by atoms with Gasteiger partial charge in [-0.3, -0.25) is 0 Å². The number of carbonyl (C=O) groups excluding carboxylic acids is 1. The molecule has 0 aliphatic carbocycles. The van der Waals surface area contributed by atoms with E-state index in [1.54, 1.807) is 0 Å². The predicted molar refractivity (Wildman–Crippen MR) is 80.3 cm³/mol. The second-order valence-electron chi connectivity index (χ2n) is 5.15. The van der Waals surface area contributed by atoms with Crippen molar-refractivity contribution < 1.29 is 14.7 Å². The Morgan fingerprint density at radius 2 is 1.90 bits per heavy atom. The number of rotatable bonds is 2. The molecule has 1 atom stereocenters. The van der Waals surface area contributed by atoms with Gasteiger partial charge in [0.25, 0.3) is 0 Å². The second-order valence-corrected chi connectivity index (χ2v) is 5.15. The molecule has 0 spiro atoms. The lowest BCUT2D eigenvalue weighted by molar-refractivity contribution is -0.141. The number of anilines is 1. The maximum atomic E-state index is 12.3. The van der Waals surface area contributed by atoms with Gasteiger partial charge in [-0.25, -0.2) is 9.59 Å². The standard InChI is InChI=1S/C16H16N2O3/c19-15(20)14-9-4-10-18(14)16(21)17-13-8-3-6-11-5-1-2-7-12(11)13/h1-3,5-8,14H,4,9-10H2,(H,17,21)(H,19,20). The van der Waals surface area contributed by atoms with Crippen LogP contribution >= 0.6 is 0 Å². The molecule has 0 aromatic heterocycles. The van der Waals surface area contributed by atoms with Gasteiger partial charge in [-0.15, -0.1) is 0 Å². The molecule has 0 bridgehead atoms. The zero-order chi connectivity index (χ0) is 14.8. The van der Waals surface area contributed by atoms with Crippen LogP contribution in [0, 0.1) is 0 Å². The quantitative estimate of drug-likeness (QED) is 0.890. The van der Waals surface area contributed by atoms with Crippen molar-refractivity contribution in [3.05, 3.63) is 42.5 Å². The molecule has 1 fully saturated rings. The minimum atomic E-state index is -0.944. The number of aliphatic carboxylic acids is 1. The smallest absolute Gasteiger partial charge is 0.326 e. The highest BCUT2D eigenvalue weighted by Gasteiger charge is 2.34. The molecule has 1 saturated heterocycles. The highest BCUT2D eigenvalue weighted by molar-refractivity contribution is 6.02. The maximum Gasteiger partial charge on any atom is 0.326 e. The number of nitrogens with zero attached hydrogens (tertiary/aromatic N) is 1. The summed E-state index contributed by atoms with van der Waals surface area (Å²) >= 11 is 0. The number of benzene rings is 2. The van der Waals surface area contributed by atoms with E-state index in [9.17, 15) is 9.59 Å². The third kappa shape index (κ3) is 2.54. The largest absolute Gasteiger partial charge is 0.480 e. The van der Waals surface area contributed by atoms with E-state index in [1.165, 1.54) is 4.90 Å². The normalized spacial score (nSPS) is 17.9.